The molecule has 0 fully saturated rings. The molecular weight excluding hydrogens is 288 g/mol. The molecule has 0 unspecified atom stereocenters. The standard InChI is InChI=1S/C15H18N2O3S/c1-19-14-5-3-12(4-6-14)10-20-8-7-13-9-16-11-17(21-2)15(13)18/h3-6,9,11H,7-8,10H2,1-2H3. The molecule has 0 aliphatic rings. The van der Waals surface area contributed by atoms with Gasteiger partial charge in [0.2, 0.25) is 0 Å². The van der Waals surface area contributed by atoms with Gasteiger partial charge < -0.3 is 9.47 Å². The van der Waals surface area contributed by atoms with Gasteiger partial charge in [-0.25, -0.2) is 8.96 Å². The molecule has 112 valence electrons. The van der Waals surface area contributed by atoms with E-state index >= 15 is 0 Å². The smallest absolute Gasteiger partial charge is 0.266 e. The van der Waals surface area contributed by atoms with Crippen LogP contribution in [-0.4, -0.2) is 28.9 Å². The summed E-state index contributed by atoms with van der Waals surface area (Å²) in [4.78, 5) is 16.0. The van der Waals surface area contributed by atoms with Gasteiger partial charge >= 0.3 is 0 Å². The normalized spacial score (nSPS) is 10.6. The Morgan fingerprint density at radius 1 is 1.29 bits per heavy atom. The van der Waals surface area contributed by atoms with Crippen molar-refractivity contribution in [1.29, 1.82) is 0 Å². The molecule has 0 saturated carbocycles. The third-order valence-corrected chi connectivity index (χ3v) is 3.67. The maximum Gasteiger partial charge on any atom is 0.266 e. The Labute approximate surface area is 128 Å². The number of hydrogen-bond donors (Lipinski definition) is 0. The lowest BCUT2D eigenvalue weighted by molar-refractivity contribution is 0.123. The highest BCUT2D eigenvalue weighted by Crippen LogP contribution is 2.12. The van der Waals surface area contributed by atoms with Gasteiger partial charge in [0.05, 0.1) is 20.3 Å². The first-order chi connectivity index (χ1) is 10.2. The summed E-state index contributed by atoms with van der Waals surface area (Å²) in [5, 5.41) is 0. The third kappa shape index (κ3) is 4.34. The van der Waals surface area contributed by atoms with Gasteiger partial charge in [-0.15, -0.1) is 0 Å². The van der Waals surface area contributed by atoms with Crippen LogP contribution < -0.4 is 10.3 Å². The van der Waals surface area contributed by atoms with Gasteiger partial charge in [0.15, 0.2) is 0 Å². The van der Waals surface area contributed by atoms with Crippen molar-refractivity contribution in [3.63, 3.8) is 0 Å². The summed E-state index contributed by atoms with van der Waals surface area (Å²) < 4.78 is 12.2. The monoisotopic (exact) mass is 306 g/mol. The van der Waals surface area contributed by atoms with E-state index < -0.39 is 0 Å². The molecule has 0 bridgehead atoms. The first-order valence-corrected chi connectivity index (χ1v) is 7.73. The second-order valence-electron chi connectivity index (χ2n) is 4.38. The van der Waals surface area contributed by atoms with E-state index in [-0.39, 0.29) is 5.56 Å². The van der Waals surface area contributed by atoms with Crippen LogP contribution in [0.2, 0.25) is 0 Å². The molecule has 1 aromatic carbocycles. The highest BCUT2D eigenvalue weighted by atomic mass is 32.2. The summed E-state index contributed by atoms with van der Waals surface area (Å²) in [6, 6.07) is 7.72. The van der Waals surface area contributed by atoms with Crippen molar-refractivity contribution in [2.24, 2.45) is 0 Å². The number of rotatable bonds is 7. The van der Waals surface area contributed by atoms with Crippen LogP contribution in [0, 0.1) is 0 Å². The van der Waals surface area contributed by atoms with E-state index in [1.807, 2.05) is 30.5 Å². The first kappa shape index (κ1) is 15.6. The van der Waals surface area contributed by atoms with Crippen LogP contribution in [0.15, 0.2) is 41.6 Å². The summed E-state index contributed by atoms with van der Waals surface area (Å²) in [5.41, 5.74) is 1.72. The topological polar surface area (TPSA) is 53.4 Å². The molecule has 2 rings (SSSR count). The van der Waals surface area contributed by atoms with Gasteiger partial charge in [0.1, 0.15) is 12.1 Å². The van der Waals surface area contributed by atoms with Crippen LogP contribution in [0.4, 0.5) is 0 Å². The zero-order valence-corrected chi connectivity index (χ0v) is 12.9. The summed E-state index contributed by atoms with van der Waals surface area (Å²) in [6.45, 7) is 1.00. The molecule has 0 amide bonds. The quantitative estimate of drug-likeness (QED) is 0.734. The van der Waals surface area contributed by atoms with Crippen LogP contribution >= 0.6 is 11.9 Å². The minimum absolute atomic E-state index is 0.0226. The molecule has 1 aromatic heterocycles. The molecule has 6 heteroatoms. The van der Waals surface area contributed by atoms with Crippen molar-refractivity contribution < 1.29 is 9.47 Å². The van der Waals surface area contributed by atoms with Crippen LogP contribution in [0.3, 0.4) is 0 Å². The molecule has 2 aromatic rings. The third-order valence-electron chi connectivity index (χ3n) is 3.02. The highest BCUT2D eigenvalue weighted by molar-refractivity contribution is 7.97. The average Bonchev–Trinajstić information content (AvgIpc) is 2.53. The molecule has 0 saturated heterocycles. The highest BCUT2D eigenvalue weighted by Gasteiger charge is 2.03. The zero-order chi connectivity index (χ0) is 15.1. The Hall–Kier alpha value is -1.79. The molecule has 0 atom stereocenters. The van der Waals surface area contributed by atoms with E-state index in [0.29, 0.717) is 25.2 Å². The number of aromatic nitrogens is 2. The largest absolute Gasteiger partial charge is 0.497 e. The van der Waals surface area contributed by atoms with E-state index in [4.69, 9.17) is 9.47 Å². The fourth-order valence-electron chi connectivity index (χ4n) is 1.83. The van der Waals surface area contributed by atoms with Gasteiger partial charge in [-0.1, -0.05) is 12.1 Å². The van der Waals surface area contributed by atoms with Crippen molar-refractivity contribution in [3.8, 4) is 5.75 Å². The molecule has 0 N–H and O–H groups in total. The molecular formula is C15H18N2O3S. The van der Waals surface area contributed by atoms with E-state index in [0.717, 1.165) is 11.3 Å². The second kappa shape index (κ2) is 7.85. The number of ether oxygens (including phenoxy) is 2. The molecule has 5 nitrogen and oxygen atoms in total. The zero-order valence-electron chi connectivity index (χ0n) is 12.1. The number of hydrogen-bond acceptors (Lipinski definition) is 5. The summed E-state index contributed by atoms with van der Waals surface area (Å²) in [5.74, 6) is 0.826. The maximum atomic E-state index is 12.0. The summed E-state index contributed by atoms with van der Waals surface area (Å²) >= 11 is 1.34. The Bertz CT molecular complexity index is 626. The van der Waals surface area contributed by atoms with Crippen molar-refractivity contribution >= 4 is 11.9 Å². The minimum Gasteiger partial charge on any atom is -0.497 e. The molecule has 0 aliphatic carbocycles. The van der Waals surface area contributed by atoms with E-state index in [9.17, 15) is 4.79 Å². The Kier molecular flexibility index (Phi) is 5.83. The second-order valence-corrected chi connectivity index (χ2v) is 5.14. The fraction of sp³-hybridized carbons (Fsp3) is 0.333. The van der Waals surface area contributed by atoms with Crippen LogP contribution in [0.5, 0.6) is 5.75 Å². The SMILES string of the molecule is COc1ccc(COCCc2cncn(SC)c2=O)cc1. The van der Waals surface area contributed by atoms with Crippen molar-refractivity contribution in [2.75, 3.05) is 20.0 Å². The van der Waals surface area contributed by atoms with E-state index in [1.54, 1.807) is 13.3 Å². The number of nitrogens with zero attached hydrogens (tertiary/aromatic N) is 2. The maximum absolute atomic E-state index is 12.0. The minimum atomic E-state index is -0.0226. The molecule has 1 heterocycles. The predicted octanol–water partition coefficient (Wildman–Crippen LogP) is 2.14. The Morgan fingerprint density at radius 3 is 2.71 bits per heavy atom. The van der Waals surface area contributed by atoms with Gasteiger partial charge in [0, 0.05) is 24.4 Å². The lowest BCUT2D eigenvalue weighted by Crippen LogP contribution is -2.20. The Balaban J connectivity index is 1.83. The predicted molar refractivity (Wildman–Crippen MR) is 83.8 cm³/mol. The van der Waals surface area contributed by atoms with Crippen LogP contribution in [-0.2, 0) is 17.8 Å². The molecule has 0 aliphatic heterocycles. The van der Waals surface area contributed by atoms with E-state index in [1.165, 1.54) is 22.2 Å². The van der Waals surface area contributed by atoms with Crippen molar-refractivity contribution in [1.82, 2.24) is 8.96 Å². The Morgan fingerprint density at radius 2 is 2.05 bits per heavy atom. The van der Waals surface area contributed by atoms with Crippen molar-refractivity contribution in [3.05, 3.63) is 58.3 Å². The van der Waals surface area contributed by atoms with Crippen LogP contribution in [0.25, 0.3) is 0 Å². The average molecular weight is 306 g/mol. The van der Waals surface area contributed by atoms with Crippen molar-refractivity contribution in [2.45, 2.75) is 13.0 Å². The molecule has 21 heavy (non-hydrogen) atoms. The lowest BCUT2D eigenvalue weighted by Gasteiger charge is -2.06. The lowest BCUT2D eigenvalue weighted by atomic mass is 10.2. The summed E-state index contributed by atoms with van der Waals surface area (Å²) in [7, 11) is 1.64. The first-order valence-electron chi connectivity index (χ1n) is 6.55. The summed E-state index contributed by atoms with van der Waals surface area (Å²) in [6.07, 6.45) is 5.52. The molecule has 0 spiro atoms. The number of methoxy groups -OCH3 is 1. The fourth-order valence-corrected chi connectivity index (χ4v) is 2.26. The van der Waals surface area contributed by atoms with Gasteiger partial charge in [0.25, 0.3) is 5.56 Å². The van der Waals surface area contributed by atoms with Crippen LogP contribution in [0.1, 0.15) is 11.1 Å². The molecule has 0 radical (unpaired) electrons. The van der Waals surface area contributed by atoms with E-state index in [2.05, 4.69) is 4.98 Å². The van der Waals surface area contributed by atoms with Gasteiger partial charge in [-0.3, -0.25) is 4.79 Å². The number of benzene rings is 1. The van der Waals surface area contributed by atoms with Gasteiger partial charge in [-0.05, 0) is 29.6 Å². The van der Waals surface area contributed by atoms with Gasteiger partial charge in [-0.2, -0.15) is 0 Å².